The number of nitrogens with one attached hydrogen (secondary N) is 1. The van der Waals surface area contributed by atoms with Crippen molar-refractivity contribution in [1.29, 1.82) is 0 Å². The number of benzene rings is 2. The average molecular weight is 305 g/mol. The summed E-state index contributed by atoms with van der Waals surface area (Å²) in [6.07, 6.45) is 0.510. The van der Waals surface area contributed by atoms with E-state index in [0.717, 1.165) is 11.1 Å². The van der Waals surface area contributed by atoms with E-state index in [-0.39, 0.29) is 16.7 Å². The van der Waals surface area contributed by atoms with Gasteiger partial charge in [-0.3, -0.25) is 10.1 Å². The van der Waals surface area contributed by atoms with Gasteiger partial charge in [-0.15, -0.1) is 0 Å². The van der Waals surface area contributed by atoms with Crippen LogP contribution in [-0.2, 0) is 6.42 Å². The lowest BCUT2D eigenvalue weighted by atomic mass is 9.97. The number of likely N-dealkylation sites (N-methyl/N-ethyl adjacent to an activating group) is 1. The highest BCUT2D eigenvalue weighted by atomic mass is 35.5. The average Bonchev–Trinajstić information content (AvgIpc) is 2.45. The van der Waals surface area contributed by atoms with Gasteiger partial charge in [0.25, 0.3) is 5.69 Å². The molecule has 21 heavy (non-hydrogen) atoms. The lowest BCUT2D eigenvalue weighted by molar-refractivity contribution is -0.385. The van der Waals surface area contributed by atoms with Crippen molar-refractivity contribution in [3.05, 3.63) is 74.3 Å². The number of hydrogen-bond donors (Lipinski definition) is 1. The number of halogens is 1. The molecule has 0 aliphatic rings. The first-order chi connectivity index (χ1) is 10.0. The largest absolute Gasteiger partial charge is 0.313 e. The Morgan fingerprint density at radius 3 is 2.62 bits per heavy atom. The summed E-state index contributed by atoms with van der Waals surface area (Å²) in [6.45, 7) is 1.98. The van der Waals surface area contributed by atoms with Crippen LogP contribution >= 0.6 is 11.6 Å². The van der Waals surface area contributed by atoms with E-state index in [1.807, 2.05) is 38.2 Å². The fraction of sp³-hybridized carbons (Fsp3) is 0.250. The van der Waals surface area contributed by atoms with E-state index >= 15 is 0 Å². The Kier molecular flexibility index (Phi) is 4.94. The summed E-state index contributed by atoms with van der Waals surface area (Å²) in [5, 5.41) is 15.0. The number of nitro benzene ring substituents is 1. The lowest BCUT2D eigenvalue weighted by Gasteiger charge is -2.18. The number of rotatable bonds is 5. The number of nitrogens with zero attached hydrogens (tertiary/aromatic N) is 1. The number of aryl methyl sites for hydroxylation is 1. The number of nitro groups is 1. The van der Waals surface area contributed by atoms with Crippen molar-refractivity contribution in [3.63, 3.8) is 0 Å². The third kappa shape index (κ3) is 3.60. The molecule has 4 nitrogen and oxygen atoms in total. The van der Waals surface area contributed by atoms with Crippen LogP contribution in [0.4, 0.5) is 5.69 Å². The maximum Gasteiger partial charge on any atom is 0.272 e. The summed E-state index contributed by atoms with van der Waals surface area (Å²) < 4.78 is 0. The Morgan fingerprint density at radius 2 is 2.00 bits per heavy atom. The van der Waals surface area contributed by atoms with Crippen LogP contribution in [0.2, 0.25) is 5.02 Å². The molecule has 0 aliphatic heterocycles. The highest BCUT2D eigenvalue weighted by Gasteiger charge is 2.19. The molecule has 0 saturated heterocycles. The SMILES string of the molecule is CNC(Cc1ccccc1[N+](=O)[O-])c1ccc(C)cc1Cl. The molecular weight excluding hydrogens is 288 g/mol. The first kappa shape index (κ1) is 15.5. The Morgan fingerprint density at radius 1 is 1.29 bits per heavy atom. The van der Waals surface area contributed by atoms with Gasteiger partial charge in [-0.1, -0.05) is 41.9 Å². The van der Waals surface area contributed by atoms with Crippen molar-refractivity contribution < 1.29 is 4.92 Å². The van der Waals surface area contributed by atoms with E-state index in [0.29, 0.717) is 17.0 Å². The minimum atomic E-state index is -0.348. The van der Waals surface area contributed by atoms with Crippen molar-refractivity contribution in [2.75, 3.05) is 7.05 Å². The van der Waals surface area contributed by atoms with E-state index in [2.05, 4.69) is 5.32 Å². The maximum atomic E-state index is 11.1. The molecule has 110 valence electrons. The third-order valence-electron chi connectivity index (χ3n) is 3.49. The van der Waals surface area contributed by atoms with Gasteiger partial charge in [-0.2, -0.15) is 0 Å². The first-order valence-corrected chi connectivity index (χ1v) is 7.06. The Hall–Kier alpha value is -1.91. The Balaban J connectivity index is 2.34. The topological polar surface area (TPSA) is 55.2 Å². The Bertz CT molecular complexity index is 658. The number of hydrogen-bond acceptors (Lipinski definition) is 3. The molecule has 0 spiro atoms. The molecule has 0 saturated carbocycles. The van der Waals surface area contributed by atoms with Crippen molar-refractivity contribution >= 4 is 17.3 Å². The minimum absolute atomic E-state index is 0.0702. The van der Waals surface area contributed by atoms with E-state index in [4.69, 9.17) is 11.6 Å². The molecule has 2 rings (SSSR count). The summed E-state index contributed by atoms with van der Waals surface area (Å²) in [4.78, 5) is 10.8. The molecule has 5 heteroatoms. The molecule has 1 N–H and O–H groups in total. The van der Waals surface area contributed by atoms with Gasteiger partial charge in [0.15, 0.2) is 0 Å². The van der Waals surface area contributed by atoms with Crippen molar-refractivity contribution in [2.45, 2.75) is 19.4 Å². The summed E-state index contributed by atoms with van der Waals surface area (Å²) in [5.74, 6) is 0. The van der Waals surface area contributed by atoms with Crippen LogP contribution in [0.3, 0.4) is 0 Å². The standard InChI is InChI=1S/C16H17ClN2O2/c1-11-7-8-13(14(17)9-11)15(18-2)10-12-5-3-4-6-16(12)19(20)21/h3-9,15,18H,10H2,1-2H3. The Labute approximate surface area is 128 Å². The van der Waals surface area contributed by atoms with Crippen LogP contribution in [0.5, 0.6) is 0 Å². The zero-order chi connectivity index (χ0) is 15.4. The smallest absolute Gasteiger partial charge is 0.272 e. The lowest BCUT2D eigenvalue weighted by Crippen LogP contribution is -2.19. The fourth-order valence-corrected chi connectivity index (χ4v) is 2.73. The maximum absolute atomic E-state index is 11.1. The predicted octanol–water partition coefficient (Wildman–Crippen LogP) is 4.06. The summed E-state index contributed by atoms with van der Waals surface area (Å²) >= 11 is 6.30. The second-order valence-electron chi connectivity index (χ2n) is 4.96. The van der Waals surface area contributed by atoms with Crippen LogP contribution < -0.4 is 5.32 Å². The van der Waals surface area contributed by atoms with Crippen LogP contribution in [0.1, 0.15) is 22.7 Å². The van der Waals surface area contributed by atoms with Gasteiger partial charge in [0, 0.05) is 22.7 Å². The van der Waals surface area contributed by atoms with Gasteiger partial charge in [-0.25, -0.2) is 0 Å². The molecule has 0 amide bonds. The third-order valence-corrected chi connectivity index (χ3v) is 3.82. The van der Waals surface area contributed by atoms with Gasteiger partial charge in [0.05, 0.1) is 4.92 Å². The van der Waals surface area contributed by atoms with Crippen LogP contribution in [0, 0.1) is 17.0 Å². The normalized spacial score (nSPS) is 12.1. The molecule has 0 radical (unpaired) electrons. The van der Waals surface area contributed by atoms with Gasteiger partial charge >= 0.3 is 0 Å². The molecule has 0 aliphatic carbocycles. The van der Waals surface area contributed by atoms with Crippen molar-refractivity contribution in [3.8, 4) is 0 Å². The quantitative estimate of drug-likeness (QED) is 0.669. The highest BCUT2D eigenvalue weighted by molar-refractivity contribution is 6.31. The van der Waals surface area contributed by atoms with E-state index in [1.54, 1.807) is 12.1 Å². The van der Waals surface area contributed by atoms with Crippen LogP contribution in [0.25, 0.3) is 0 Å². The molecule has 0 heterocycles. The van der Waals surface area contributed by atoms with Gasteiger partial charge in [0.2, 0.25) is 0 Å². The molecule has 0 fully saturated rings. The number of para-hydroxylation sites is 1. The van der Waals surface area contributed by atoms with E-state index < -0.39 is 0 Å². The molecule has 0 bridgehead atoms. The molecule has 1 atom stereocenters. The zero-order valence-corrected chi connectivity index (χ0v) is 12.7. The second-order valence-corrected chi connectivity index (χ2v) is 5.36. The molecule has 1 unspecified atom stereocenters. The van der Waals surface area contributed by atoms with Gasteiger partial charge in [0.1, 0.15) is 0 Å². The monoisotopic (exact) mass is 304 g/mol. The van der Waals surface area contributed by atoms with Crippen molar-refractivity contribution in [1.82, 2.24) is 5.32 Å². The second kappa shape index (κ2) is 6.70. The van der Waals surface area contributed by atoms with E-state index in [1.165, 1.54) is 6.07 Å². The predicted molar refractivity (Wildman–Crippen MR) is 84.8 cm³/mol. The minimum Gasteiger partial charge on any atom is -0.313 e. The van der Waals surface area contributed by atoms with Crippen LogP contribution in [0.15, 0.2) is 42.5 Å². The zero-order valence-electron chi connectivity index (χ0n) is 12.0. The summed E-state index contributed by atoms with van der Waals surface area (Å²) in [5.41, 5.74) is 2.87. The van der Waals surface area contributed by atoms with Gasteiger partial charge in [-0.05, 0) is 37.6 Å². The molecular formula is C16H17ClN2O2. The van der Waals surface area contributed by atoms with Gasteiger partial charge < -0.3 is 5.32 Å². The summed E-state index contributed by atoms with van der Waals surface area (Å²) in [7, 11) is 1.83. The van der Waals surface area contributed by atoms with E-state index in [9.17, 15) is 10.1 Å². The summed E-state index contributed by atoms with van der Waals surface area (Å²) in [6, 6.07) is 12.6. The first-order valence-electron chi connectivity index (χ1n) is 6.68. The highest BCUT2D eigenvalue weighted by Crippen LogP contribution is 2.29. The molecule has 2 aromatic carbocycles. The molecule has 0 aromatic heterocycles. The van der Waals surface area contributed by atoms with Crippen molar-refractivity contribution in [2.24, 2.45) is 0 Å². The molecule has 2 aromatic rings. The van der Waals surface area contributed by atoms with Crippen LogP contribution in [-0.4, -0.2) is 12.0 Å². The fourth-order valence-electron chi connectivity index (χ4n) is 2.36.